The fraction of sp³-hybridized carbons (Fsp3) is 0.231. The van der Waals surface area contributed by atoms with Crippen molar-refractivity contribution in [2.75, 3.05) is 0 Å². The second-order valence-corrected chi connectivity index (χ2v) is 4.74. The molecule has 0 aliphatic carbocycles. The first kappa shape index (κ1) is 12.6. The molecule has 1 aromatic heterocycles. The Bertz CT molecular complexity index is 511. The summed E-state index contributed by atoms with van der Waals surface area (Å²) in [5.74, 6) is 0. The summed E-state index contributed by atoms with van der Waals surface area (Å²) in [4.78, 5) is 15.7. The Morgan fingerprint density at radius 1 is 1.39 bits per heavy atom. The molecular weight excluding hydrogens is 248 g/mol. The highest BCUT2D eigenvalue weighted by molar-refractivity contribution is 7.09. The zero-order valence-electron chi connectivity index (χ0n) is 10.1. The molecule has 5 heteroatoms. The lowest BCUT2D eigenvalue weighted by atomic mass is 10.2. The second-order valence-electron chi connectivity index (χ2n) is 3.80. The summed E-state index contributed by atoms with van der Waals surface area (Å²) in [5, 5.41) is 5.50. The van der Waals surface area contributed by atoms with Gasteiger partial charge in [-0.1, -0.05) is 30.3 Å². The first-order valence-corrected chi connectivity index (χ1v) is 6.47. The average molecular weight is 262 g/mol. The van der Waals surface area contributed by atoms with Crippen molar-refractivity contribution in [3.05, 3.63) is 52.0 Å². The quantitative estimate of drug-likeness (QED) is 0.921. The lowest BCUT2D eigenvalue weighted by Crippen LogP contribution is -2.23. The van der Waals surface area contributed by atoms with Crippen LogP contribution in [0.5, 0.6) is 0 Å². The van der Waals surface area contributed by atoms with Gasteiger partial charge in [0.2, 0.25) is 0 Å². The monoisotopic (exact) mass is 262 g/mol. The van der Waals surface area contributed by atoms with E-state index in [0.717, 1.165) is 16.3 Å². The molecule has 18 heavy (non-hydrogen) atoms. The molecule has 1 amide bonds. The predicted octanol–water partition coefficient (Wildman–Crippen LogP) is 2.88. The maximum absolute atomic E-state index is 11.4. The second kappa shape index (κ2) is 6.16. The topological polar surface area (TPSA) is 51.2 Å². The maximum Gasteiger partial charge on any atom is 0.407 e. The van der Waals surface area contributed by atoms with Gasteiger partial charge in [0, 0.05) is 11.1 Å². The molecule has 0 spiro atoms. The lowest BCUT2D eigenvalue weighted by molar-refractivity contribution is 0.139. The van der Waals surface area contributed by atoms with E-state index in [2.05, 4.69) is 10.3 Å². The molecule has 0 atom stereocenters. The van der Waals surface area contributed by atoms with Crippen molar-refractivity contribution < 1.29 is 9.53 Å². The highest BCUT2D eigenvalue weighted by atomic mass is 32.1. The van der Waals surface area contributed by atoms with E-state index in [0.29, 0.717) is 6.54 Å². The molecule has 0 fully saturated rings. The Kier molecular flexibility index (Phi) is 4.30. The van der Waals surface area contributed by atoms with E-state index in [-0.39, 0.29) is 6.61 Å². The summed E-state index contributed by atoms with van der Waals surface area (Å²) in [6, 6.07) is 9.58. The van der Waals surface area contributed by atoms with E-state index in [1.807, 2.05) is 42.6 Å². The van der Waals surface area contributed by atoms with Crippen LogP contribution in [0.15, 0.2) is 35.7 Å². The number of nitrogens with zero attached hydrogens (tertiary/aromatic N) is 1. The van der Waals surface area contributed by atoms with Gasteiger partial charge in [-0.15, -0.1) is 11.3 Å². The average Bonchev–Trinajstić information content (AvgIpc) is 2.81. The summed E-state index contributed by atoms with van der Waals surface area (Å²) in [5.41, 5.74) is 1.94. The number of alkyl carbamates (subject to hydrolysis) is 1. The third-order valence-electron chi connectivity index (χ3n) is 2.26. The normalized spacial score (nSPS) is 10.1. The van der Waals surface area contributed by atoms with Gasteiger partial charge in [0.25, 0.3) is 0 Å². The van der Waals surface area contributed by atoms with Gasteiger partial charge >= 0.3 is 6.09 Å². The number of thiazole rings is 1. The number of aryl methyl sites for hydroxylation is 1. The van der Waals surface area contributed by atoms with Crippen LogP contribution in [0, 0.1) is 6.92 Å². The Morgan fingerprint density at radius 3 is 2.83 bits per heavy atom. The fourth-order valence-corrected chi connectivity index (χ4v) is 2.12. The van der Waals surface area contributed by atoms with Crippen molar-refractivity contribution in [1.82, 2.24) is 10.3 Å². The molecule has 0 saturated carbocycles. The Labute approximate surface area is 110 Å². The summed E-state index contributed by atoms with van der Waals surface area (Å²) in [6.45, 7) is 2.61. The molecule has 2 aromatic rings. The molecule has 0 radical (unpaired) electrons. The van der Waals surface area contributed by atoms with Crippen LogP contribution in [0.25, 0.3) is 0 Å². The molecule has 0 unspecified atom stereocenters. The van der Waals surface area contributed by atoms with Gasteiger partial charge in [0.05, 0.1) is 6.54 Å². The van der Waals surface area contributed by atoms with Crippen LogP contribution in [-0.4, -0.2) is 11.1 Å². The summed E-state index contributed by atoms with van der Waals surface area (Å²) < 4.78 is 5.08. The SMILES string of the molecule is Cc1csc(CNC(=O)OCc2ccccc2)n1. The first-order valence-electron chi connectivity index (χ1n) is 5.59. The molecule has 0 saturated heterocycles. The minimum atomic E-state index is -0.424. The van der Waals surface area contributed by atoms with Gasteiger partial charge < -0.3 is 10.1 Å². The van der Waals surface area contributed by atoms with Gasteiger partial charge in [0.1, 0.15) is 11.6 Å². The number of carbonyl (C=O) groups excluding carboxylic acids is 1. The zero-order chi connectivity index (χ0) is 12.8. The minimum Gasteiger partial charge on any atom is -0.445 e. The first-order chi connectivity index (χ1) is 8.74. The minimum absolute atomic E-state index is 0.281. The van der Waals surface area contributed by atoms with Crippen LogP contribution < -0.4 is 5.32 Å². The highest BCUT2D eigenvalue weighted by Gasteiger charge is 2.04. The fourth-order valence-electron chi connectivity index (χ4n) is 1.41. The third-order valence-corrected chi connectivity index (χ3v) is 3.23. The molecule has 1 heterocycles. The smallest absolute Gasteiger partial charge is 0.407 e. The largest absolute Gasteiger partial charge is 0.445 e. The van der Waals surface area contributed by atoms with E-state index in [1.165, 1.54) is 11.3 Å². The number of amides is 1. The van der Waals surface area contributed by atoms with Crippen molar-refractivity contribution in [1.29, 1.82) is 0 Å². The van der Waals surface area contributed by atoms with E-state index >= 15 is 0 Å². The summed E-state index contributed by atoms with van der Waals surface area (Å²) >= 11 is 1.52. The van der Waals surface area contributed by atoms with Crippen molar-refractivity contribution in [2.45, 2.75) is 20.1 Å². The van der Waals surface area contributed by atoms with Crippen molar-refractivity contribution >= 4 is 17.4 Å². The number of nitrogens with one attached hydrogen (secondary N) is 1. The third kappa shape index (κ3) is 3.85. The Morgan fingerprint density at radius 2 is 2.17 bits per heavy atom. The van der Waals surface area contributed by atoms with Crippen molar-refractivity contribution in [3.8, 4) is 0 Å². The Balaban J connectivity index is 1.73. The molecule has 94 valence electrons. The molecule has 0 aliphatic rings. The number of hydrogen-bond acceptors (Lipinski definition) is 4. The number of benzene rings is 1. The maximum atomic E-state index is 11.4. The van der Waals surface area contributed by atoms with Crippen LogP contribution in [0.3, 0.4) is 0 Å². The van der Waals surface area contributed by atoms with E-state index in [4.69, 9.17) is 4.74 Å². The molecule has 1 aromatic carbocycles. The van der Waals surface area contributed by atoms with Crippen LogP contribution in [0.4, 0.5) is 4.79 Å². The van der Waals surface area contributed by atoms with Crippen LogP contribution in [0.1, 0.15) is 16.3 Å². The summed E-state index contributed by atoms with van der Waals surface area (Å²) in [7, 11) is 0. The van der Waals surface area contributed by atoms with E-state index in [9.17, 15) is 4.79 Å². The number of ether oxygens (including phenoxy) is 1. The zero-order valence-corrected chi connectivity index (χ0v) is 10.9. The van der Waals surface area contributed by atoms with E-state index < -0.39 is 6.09 Å². The van der Waals surface area contributed by atoms with E-state index in [1.54, 1.807) is 0 Å². The number of hydrogen-bond donors (Lipinski definition) is 1. The number of carbonyl (C=O) groups is 1. The standard InChI is InChI=1S/C13H14N2O2S/c1-10-9-18-12(15-10)7-14-13(16)17-8-11-5-3-2-4-6-11/h2-6,9H,7-8H2,1H3,(H,14,16). The molecule has 1 N–H and O–H groups in total. The van der Waals surface area contributed by atoms with Gasteiger partial charge in [-0.2, -0.15) is 0 Å². The molecule has 0 aliphatic heterocycles. The molecular formula is C13H14N2O2S. The molecule has 2 rings (SSSR count). The van der Waals surface area contributed by atoms with Crippen molar-refractivity contribution in [3.63, 3.8) is 0 Å². The number of aromatic nitrogens is 1. The Hall–Kier alpha value is -1.88. The highest BCUT2D eigenvalue weighted by Crippen LogP contribution is 2.08. The summed E-state index contributed by atoms with van der Waals surface area (Å²) in [6.07, 6.45) is -0.424. The van der Waals surface area contributed by atoms with Crippen LogP contribution in [-0.2, 0) is 17.9 Å². The number of rotatable bonds is 4. The van der Waals surface area contributed by atoms with Crippen LogP contribution in [0.2, 0.25) is 0 Å². The predicted molar refractivity (Wildman–Crippen MR) is 70.3 cm³/mol. The van der Waals surface area contributed by atoms with Gasteiger partial charge in [-0.25, -0.2) is 9.78 Å². The van der Waals surface area contributed by atoms with Gasteiger partial charge in [-0.05, 0) is 12.5 Å². The van der Waals surface area contributed by atoms with Gasteiger partial charge in [-0.3, -0.25) is 0 Å². The van der Waals surface area contributed by atoms with Gasteiger partial charge in [0.15, 0.2) is 0 Å². The lowest BCUT2D eigenvalue weighted by Gasteiger charge is -2.05. The molecule has 0 bridgehead atoms. The molecule has 4 nitrogen and oxygen atoms in total. The van der Waals surface area contributed by atoms with Crippen LogP contribution >= 0.6 is 11.3 Å². The van der Waals surface area contributed by atoms with Crippen molar-refractivity contribution in [2.24, 2.45) is 0 Å².